The molecule has 0 radical (unpaired) electrons. The van der Waals surface area contributed by atoms with E-state index in [1.165, 1.54) is 55.6 Å². The molecule has 0 saturated heterocycles. The van der Waals surface area contributed by atoms with Crippen molar-refractivity contribution in [2.75, 3.05) is 0 Å². The molecule has 158 valence electrons. The molecule has 1 aromatic heterocycles. The predicted molar refractivity (Wildman–Crippen MR) is 125 cm³/mol. The Balaban J connectivity index is 2.99. The van der Waals surface area contributed by atoms with Crippen LogP contribution in [0.3, 0.4) is 0 Å². The van der Waals surface area contributed by atoms with E-state index >= 15 is 0 Å². The van der Waals surface area contributed by atoms with Crippen molar-refractivity contribution < 1.29 is 8.84 Å². The summed E-state index contributed by atoms with van der Waals surface area (Å²) in [4.78, 5) is 0. The van der Waals surface area contributed by atoms with Gasteiger partial charge in [-0.1, -0.05) is 0 Å². The summed E-state index contributed by atoms with van der Waals surface area (Å²) in [6.45, 7) is 19.2. The normalized spacial score (nSPS) is 13.3. The molecule has 27 heavy (non-hydrogen) atoms. The summed E-state index contributed by atoms with van der Waals surface area (Å²) in [6, 6.07) is 4.57. The van der Waals surface area contributed by atoms with Crippen molar-refractivity contribution in [1.29, 1.82) is 0 Å². The van der Waals surface area contributed by atoms with Gasteiger partial charge >= 0.3 is 175 Å². The predicted octanol–water partition coefficient (Wildman–Crippen LogP) is 7.86. The summed E-state index contributed by atoms with van der Waals surface area (Å²) in [5, 5.41) is 0.245. The number of hydrogen-bond acceptors (Lipinski definition) is 2. The first-order valence-corrected chi connectivity index (χ1v) is 21.7. The van der Waals surface area contributed by atoms with Crippen LogP contribution in [-0.4, -0.2) is 26.7 Å². The van der Waals surface area contributed by atoms with Crippen molar-refractivity contribution in [3.63, 3.8) is 0 Å². The third-order valence-corrected chi connectivity index (χ3v) is 26.0. The van der Waals surface area contributed by atoms with Gasteiger partial charge in [-0.3, -0.25) is 0 Å². The Labute approximate surface area is 174 Å². The van der Waals surface area contributed by atoms with Gasteiger partial charge in [0.1, 0.15) is 0 Å². The van der Waals surface area contributed by atoms with E-state index in [2.05, 4.69) is 66.8 Å². The van der Waals surface area contributed by atoms with Gasteiger partial charge in [-0.05, 0) is 0 Å². The summed E-state index contributed by atoms with van der Waals surface area (Å²) >= 11 is -2.44. The molecule has 0 aliphatic carbocycles. The van der Waals surface area contributed by atoms with Gasteiger partial charge < -0.3 is 0 Å². The zero-order chi connectivity index (χ0) is 20.6. The number of hydrogen-bond donors (Lipinski definition) is 0. The van der Waals surface area contributed by atoms with Gasteiger partial charge in [0.15, 0.2) is 0 Å². The van der Waals surface area contributed by atoms with E-state index in [0.29, 0.717) is 6.61 Å². The summed E-state index contributed by atoms with van der Waals surface area (Å²) in [6.07, 6.45) is 8.04. The van der Waals surface area contributed by atoms with Gasteiger partial charge in [-0.2, -0.15) is 0 Å². The minimum atomic E-state index is -2.44. The van der Waals surface area contributed by atoms with Crippen LogP contribution in [0, 0.1) is 0 Å². The molecule has 0 spiro atoms. The Morgan fingerprint density at radius 2 is 1.37 bits per heavy atom. The van der Waals surface area contributed by atoms with Crippen molar-refractivity contribution >= 4 is 30.5 Å². The fourth-order valence-corrected chi connectivity index (χ4v) is 19.7. The Hall–Kier alpha value is 0.256. The molecule has 0 aromatic carbocycles. The summed E-state index contributed by atoms with van der Waals surface area (Å²) in [5.41, 5.74) is 0. The Morgan fingerprint density at radius 3 is 1.78 bits per heavy atom. The minimum absolute atomic E-state index is 0.245. The molecule has 0 N–H and O–H groups in total. The topological polar surface area (TPSA) is 22.4 Å². The van der Waals surface area contributed by atoms with Crippen LogP contribution in [0.25, 0.3) is 0 Å². The van der Waals surface area contributed by atoms with Gasteiger partial charge in [-0.25, -0.2) is 0 Å². The standard InChI is InChI=1S/C11H19O2Si.3C4H9.Sn/c1-11(2,3)14(4,5)13-9-10-7-6-8-12-10;3*1-3-4-2;/h6-7H,9H2,1-5H3;3*1,3-4H2,2H3;. The third kappa shape index (κ3) is 7.54. The quantitative estimate of drug-likeness (QED) is 0.257. The molecule has 1 aromatic rings. The van der Waals surface area contributed by atoms with Crippen LogP contribution < -0.4 is 3.78 Å². The molecule has 0 bridgehead atoms. The average molecular weight is 501 g/mol. The number of rotatable bonds is 13. The third-order valence-electron chi connectivity index (χ3n) is 6.59. The van der Waals surface area contributed by atoms with Crippen molar-refractivity contribution in [3.8, 4) is 0 Å². The van der Waals surface area contributed by atoms with E-state index in [1.54, 1.807) is 0 Å². The molecule has 0 aliphatic heterocycles. The molecule has 0 unspecified atom stereocenters. The first-order chi connectivity index (χ1) is 12.6. The van der Waals surface area contributed by atoms with E-state index in [4.69, 9.17) is 8.84 Å². The molecule has 1 heterocycles. The number of furan rings is 1. The van der Waals surface area contributed by atoms with Crippen LogP contribution >= 0.6 is 0 Å². The van der Waals surface area contributed by atoms with Crippen LogP contribution in [0.5, 0.6) is 0 Å². The van der Waals surface area contributed by atoms with E-state index in [1.807, 2.05) is 0 Å². The summed E-state index contributed by atoms with van der Waals surface area (Å²) in [7, 11) is -1.73. The van der Waals surface area contributed by atoms with Crippen LogP contribution in [0.2, 0.25) is 31.4 Å². The fraction of sp³-hybridized carbons (Fsp3) is 0.826. The maximum atomic E-state index is 6.54. The van der Waals surface area contributed by atoms with Gasteiger partial charge in [0, 0.05) is 0 Å². The Bertz CT molecular complexity index is 509. The van der Waals surface area contributed by atoms with Crippen molar-refractivity contribution in [2.45, 2.75) is 118 Å². The average Bonchev–Trinajstić information content (AvgIpc) is 3.08. The van der Waals surface area contributed by atoms with Crippen LogP contribution in [0.15, 0.2) is 16.5 Å². The zero-order valence-electron chi connectivity index (χ0n) is 19.5. The second-order valence-corrected chi connectivity index (χ2v) is 27.7. The van der Waals surface area contributed by atoms with E-state index in [-0.39, 0.29) is 5.04 Å². The monoisotopic (exact) mass is 502 g/mol. The summed E-state index contributed by atoms with van der Waals surface area (Å²) in [5.74, 6) is 1.06. The van der Waals surface area contributed by atoms with Gasteiger partial charge in [0.05, 0.1) is 0 Å². The number of unbranched alkanes of at least 4 members (excludes halogenated alkanes) is 3. The second-order valence-electron chi connectivity index (χ2n) is 9.91. The second kappa shape index (κ2) is 11.4. The summed E-state index contributed by atoms with van der Waals surface area (Å²) < 4.78 is 18.8. The Morgan fingerprint density at radius 1 is 0.889 bits per heavy atom. The van der Waals surface area contributed by atoms with Gasteiger partial charge in [0.2, 0.25) is 0 Å². The van der Waals surface area contributed by atoms with Gasteiger partial charge in [-0.15, -0.1) is 0 Å². The molecule has 4 heteroatoms. The van der Waals surface area contributed by atoms with Crippen LogP contribution in [0.1, 0.15) is 85.8 Å². The van der Waals surface area contributed by atoms with Crippen molar-refractivity contribution in [2.24, 2.45) is 0 Å². The van der Waals surface area contributed by atoms with E-state index < -0.39 is 26.7 Å². The van der Waals surface area contributed by atoms with Crippen molar-refractivity contribution in [3.05, 3.63) is 17.9 Å². The van der Waals surface area contributed by atoms with E-state index in [9.17, 15) is 0 Å². The zero-order valence-corrected chi connectivity index (χ0v) is 23.4. The maximum absolute atomic E-state index is 6.54. The molecule has 0 amide bonds. The molecule has 0 fully saturated rings. The van der Waals surface area contributed by atoms with Gasteiger partial charge in [0.25, 0.3) is 0 Å². The fourth-order valence-electron chi connectivity index (χ4n) is 3.50. The first kappa shape index (κ1) is 25.3. The molecule has 0 aliphatic rings. The molecule has 2 nitrogen and oxygen atoms in total. The molecular formula is C23H46O2SiSn. The van der Waals surface area contributed by atoms with Crippen LogP contribution in [-0.2, 0) is 11.0 Å². The Kier molecular flexibility index (Phi) is 10.7. The van der Waals surface area contributed by atoms with E-state index in [0.717, 1.165) is 5.76 Å². The van der Waals surface area contributed by atoms with Crippen LogP contribution in [0.4, 0.5) is 0 Å². The molecule has 0 saturated carbocycles. The molecule has 0 atom stereocenters. The first-order valence-electron chi connectivity index (χ1n) is 11.3. The van der Waals surface area contributed by atoms with Crippen molar-refractivity contribution in [1.82, 2.24) is 0 Å². The molecular weight excluding hydrogens is 455 g/mol. The SMILES string of the molecule is CCC[CH2][Sn]([CH2]CCC)([CH2]CCC)[c]1ccc(CO[Si](C)(C)C(C)(C)C)o1. The molecule has 1 rings (SSSR count).